The monoisotopic (exact) mass is 288 g/mol. The van der Waals surface area contributed by atoms with Gasteiger partial charge < -0.3 is 9.88 Å². The second kappa shape index (κ2) is 6.83. The number of carbonyl (C=O) groups excluding carboxylic acids is 1. The molecule has 0 unspecified atom stereocenters. The predicted molar refractivity (Wildman–Crippen MR) is 78.3 cm³/mol. The Bertz CT molecular complexity index is 695. The lowest BCUT2D eigenvalue weighted by atomic mass is 10.1. The minimum atomic E-state index is -0.280. The average Bonchev–Trinajstić information content (AvgIpc) is 2.47. The minimum absolute atomic E-state index is 0.133. The molecule has 1 heterocycles. The Hall–Kier alpha value is -2.43. The van der Waals surface area contributed by atoms with Gasteiger partial charge in [-0.05, 0) is 30.2 Å². The lowest BCUT2D eigenvalue weighted by Crippen LogP contribution is -2.26. The summed E-state index contributed by atoms with van der Waals surface area (Å²) in [6, 6.07) is 9.73. The van der Waals surface area contributed by atoms with Crippen molar-refractivity contribution >= 4 is 5.91 Å². The van der Waals surface area contributed by atoms with Gasteiger partial charge in [-0.3, -0.25) is 9.59 Å². The van der Waals surface area contributed by atoms with Gasteiger partial charge in [0.1, 0.15) is 5.82 Å². The Kier molecular flexibility index (Phi) is 4.87. The molecule has 1 amide bonds. The predicted octanol–water partition coefficient (Wildman–Crippen LogP) is 2.00. The maximum atomic E-state index is 13.4. The number of carbonyl (C=O) groups is 1. The molecule has 0 spiro atoms. The van der Waals surface area contributed by atoms with E-state index in [1.807, 2.05) is 0 Å². The molecule has 1 aromatic carbocycles. The lowest BCUT2D eigenvalue weighted by Gasteiger charge is -2.07. The lowest BCUT2D eigenvalue weighted by molar-refractivity contribution is -0.121. The van der Waals surface area contributed by atoms with Crippen molar-refractivity contribution in [2.75, 3.05) is 0 Å². The van der Waals surface area contributed by atoms with Crippen molar-refractivity contribution in [1.82, 2.24) is 9.88 Å². The Balaban J connectivity index is 1.84. The number of hydrogen-bond acceptors (Lipinski definition) is 2. The van der Waals surface area contributed by atoms with E-state index in [9.17, 15) is 14.0 Å². The Morgan fingerprint density at radius 1 is 1.29 bits per heavy atom. The smallest absolute Gasteiger partial charge is 0.250 e. The molecular formula is C16H17FN2O2. The van der Waals surface area contributed by atoms with Crippen LogP contribution >= 0.6 is 0 Å². The Morgan fingerprint density at radius 2 is 2.10 bits per heavy atom. The first-order valence-electron chi connectivity index (χ1n) is 6.73. The van der Waals surface area contributed by atoms with Gasteiger partial charge in [0.05, 0.1) is 0 Å². The second-order valence-electron chi connectivity index (χ2n) is 4.84. The van der Waals surface area contributed by atoms with Crippen molar-refractivity contribution in [3.63, 3.8) is 0 Å². The highest BCUT2D eigenvalue weighted by Crippen LogP contribution is 2.08. The van der Waals surface area contributed by atoms with E-state index in [1.165, 1.54) is 16.7 Å². The molecule has 5 heteroatoms. The maximum absolute atomic E-state index is 13.4. The molecule has 0 radical (unpaired) electrons. The van der Waals surface area contributed by atoms with Crippen LogP contribution < -0.4 is 10.9 Å². The van der Waals surface area contributed by atoms with Crippen molar-refractivity contribution in [3.05, 3.63) is 69.9 Å². The second-order valence-corrected chi connectivity index (χ2v) is 4.84. The molecule has 4 nitrogen and oxygen atoms in total. The normalized spacial score (nSPS) is 10.4. The summed E-state index contributed by atoms with van der Waals surface area (Å²) in [6.07, 6.45) is 1.85. The molecule has 2 aromatic rings. The van der Waals surface area contributed by atoms with Crippen molar-refractivity contribution in [1.29, 1.82) is 0 Å². The van der Waals surface area contributed by atoms with Gasteiger partial charge in [-0.2, -0.15) is 0 Å². The molecule has 1 aromatic heterocycles. The molecule has 0 atom stereocenters. The molecule has 0 saturated heterocycles. The van der Waals surface area contributed by atoms with E-state index in [-0.39, 0.29) is 30.2 Å². The third-order valence-corrected chi connectivity index (χ3v) is 3.20. The van der Waals surface area contributed by atoms with E-state index < -0.39 is 0 Å². The SMILES string of the molecule is Cc1ccc(CNC(=O)CCn2ccccc2=O)cc1F. The number of hydrogen-bond donors (Lipinski definition) is 1. The van der Waals surface area contributed by atoms with Crippen LogP contribution in [0.15, 0.2) is 47.4 Å². The van der Waals surface area contributed by atoms with Gasteiger partial charge in [0, 0.05) is 31.8 Å². The van der Waals surface area contributed by atoms with Crippen LogP contribution in [-0.2, 0) is 17.9 Å². The summed E-state index contributed by atoms with van der Waals surface area (Å²) < 4.78 is 14.8. The first-order valence-corrected chi connectivity index (χ1v) is 6.73. The summed E-state index contributed by atoms with van der Waals surface area (Å²) in [5, 5.41) is 2.71. The van der Waals surface area contributed by atoms with Crippen LogP contribution in [0.2, 0.25) is 0 Å². The van der Waals surface area contributed by atoms with Crippen LogP contribution in [0.1, 0.15) is 17.5 Å². The van der Waals surface area contributed by atoms with Gasteiger partial charge in [0.2, 0.25) is 5.91 Å². The van der Waals surface area contributed by atoms with Gasteiger partial charge in [-0.25, -0.2) is 4.39 Å². The zero-order valence-corrected chi connectivity index (χ0v) is 11.8. The molecule has 1 N–H and O–H groups in total. The Labute approximate surface area is 122 Å². The fourth-order valence-electron chi connectivity index (χ4n) is 1.90. The molecule has 2 rings (SSSR count). The van der Waals surface area contributed by atoms with Crippen molar-refractivity contribution in [2.45, 2.75) is 26.4 Å². The van der Waals surface area contributed by atoms with Gasteiger partial charge in [-0.15, -0.1) is 0 Å². The highest BCUT2D eigenvalue weighted by atomic mass is 19.1. The molecule has 110 valence electrons. The average molecular weight is 288 g/mol. The number of pyridine rings is 1. The van der Waals surface area contributed by atoms with Gasteiger partial charge in [-0.1, -0.05) is 18.2 Å². The molecule has 0 aliphatic rings. The van der Waals surface area contributed by atoms with Crippen LogP contribution in [0.4, 0.5) is 4.39 Å². The van der Waals surface area contributed by atoms with Crippen LogP contribution in [0, 0.1) is 12.7 Å². The van der Waals surface area contributed by atoms with E-state index in [1.54, 1.807) is 37.4 Å². The van der Waals surface area contributed by atoms with Crippen LogP contribution in [0.5, 0.6) is 0 Å². The number of amides is 1. The third-order valence-electron chi connectivity index (χ3n) is 3.20. The third kappa shape index (κ3) is 4.27. The number of nitrogens with zero attached hydrogens (tertiary/aromatic N) is 1. The molecule has 0 fully saturated rings. The largest absolute Gasteiger partial charge is 0.352 e. The minimum Gasteiger partial charge on any atom is -0.352 e. The number of nitrogens with one attached hydrogen (secondary N) is 1. The fourth-order valence-corrected chi connectivity index (χ4v) is 1.90. The zero-order chi connectivity index (χ0) is 15.2. The van der Waals surface area contributed by atoms with Crippen molar-refractivity contribution < 1.29 is 9.18 Å². The van der Waals surface area contributed by atoms with E-state index >= 15 is 0 Å². The first-order chi connectivity index (χ1) is 10.1. The number of aromatic nitrogens is 1. The molecule has 0 aliphatic carbocycles. The first kappa shape index (κ1) is 15.0. The van der Waals surface area contributed by atoms with Crippen LogP contribution in [-0.4, -0.2) is 10.5 Å². The molecule has 21 heavy (non-hydrogen) atoms. The van der Waals surface area contributed by atoms with E-state index in [0.29, 0.717) is 17.7 Å². The standard InChI is InChI=1S/C16H17FN2O2/c1-12-5-6-13(10-14(12)17)11-18-15(20)7-9-19-8-3-2-4-16(19)21/h2-6,8,10H,7,9,11H2,1H3,(H,18,20). The summed E-state index contributed by atoms with van der Waals surface area (Å²) in [6.45, 7) is 2.29. The molecule has 0 bridgehead atoms. The van der Waals surface area contributed by atoms with Crippen molar-refractivity contribution in [3.8, 4) is 0 Å². The van der Waals surface area contributed by atoms with E-state index in [0.717, 1.165) is 0 Å². The highest BCUT2D eigenvalue weighted by Gasteiger charge is 2.04. The summed E-state index contributed by atoms with van der Waals surface area (Å²) in [5.74, 6) is -0.454. The topological polar surface area (TPSA) is 51.1 Å². The summed E-state index contributed by atoms with van der Waals surface area (Å²) in [4.78, 5) is 23.2. The number of halogens is 1. The van der Waals surface area contributed by atoms with E-state index in [4.69, 9.17) is 0 Å². The van der Waals surface area contributed by atoms with Crippen LogP contribution in [0.3, 0.4) is 0 Å². The fraction of sp³-hybridized carbons (Fsp3) is 0.250. The summed E-state index contributed by atoms with van der Waals surface area (Å²) in [7, 11) is 0. The number of aryl methyl sites for hydroxylation is 2. The van der Waals surface area contributed by atoms with Crippen LogP contribution in [0.25, 0.3) is 0 Å². The quantitative estimate of drug-likeness (QED) is 0.915. The van der Waals surface area contributed by atoms with E-state index in [2.05, 4.69) is 5.32 Å². The number of benzene rings is 1. The Morgan fingerprint density at radius 3 is 2.81 bits per heavy atom. The molecular weight excluding hydrogens is 271 g/mol. The zero-order valence-electron chi connectivity index (χ0n) is 11.8. The number of rotatable bonds is 5. The summed E-state index contributed by atoms with van der Waals surface area (Å²) in [5.41, 5.74) is 1.16. The maximum Gasteiger partial charge on any atom is 0.250 e. The van der Waals surface area contributed by atoms with Crippen molar-refractivity contribution in [2.24, 2.45) is 0 Å². The van der Waals surface area contributed by atoms with Gasteiger partial charge >= 0.3 is 0 Å². The van der Waals surface area contributed by atoms with Gasteiger partial charge in [0.15, 0.2) is 0 Å². The highest BCUT2D eigenvalue weighted by molar-refractivity contribution is 5.75. The summed E-state index contributed by atoms with van der Waals surface area (Å²) >= 11 is 0. The molecule has 0 saturated carbocycles. The molecule has 0 aliphatic heterocycles. The van der Waals surface area contributed by atoms with Gasteiger partial charge in [0.25, 0.3) is 5.56 Å².